The molecule has 1 saturated carbocycles. The summed E-state index contributed by atoms with van der Waals surface area (Å²) in [5, 5.41) is 16.9. The number of ketones is 1. The van der Waals surface area contributed by atoms with Crippen LogP contribution in [0.15, 0.2) is 42.9 Å². The largest absolute Gasteiger partial charge is 0.391 e. The molecule has 1 aromatic carbocycles. The molecule has 5 N–H and O–H groups in total. The number of aromatic nitrogens is 2. The maximum atomic E-state index is 13.6. The summed E-state index contributed by atoms with van der Waals surface area (Å²) in [4.78, 5) is 22.2. The van der Waals surface area contributed by atoms with Crippen LogP contribution in [0.4, 0.5) is 5.82 Å². The smallest absolute Gasteiger partial charge is 0.333 e. The molecule has 1 aliphatic heterocycles. The quantitative estimate of drug-likeness (QED) is 0.216. The van der Waals surface area contributed by atoms with Crippen LogP contribution < -0.4 is 15.4 Å². The third kappa shape index (κ3) is 5.85. The number of halogens is 1. The minimum Gasteiger partial charge on any atom is -0.391 e. The Morgan fingerprint density at radius 2 is 2.03 bits per heavy atom. The van der Waals surface area contributed by atoms with E-state index in [1.165, 1.54) is 29.4 Å². The van der Waals surface area contributed by atoms with E-state index in [-0.39, 0.29) is 42.1 Å². The molecular formula is C24H26ClN5O5S2. The van der Waals surface area contributed by atoms with Gasteiger partial charge in [0.25, 0.3) is 0 Å². The zero-order chi connectivity index (χ0) is 26.2. The molecule has 0 radical (unpaired) electrons. The molecule has 196 valence electrons. The van der Waals surface area contributed by atoms with Crippen molar-refractivity contribution in [3.63, 3.8) is 0 Å². The highest BCUT2D eigenvalue weighted by Gasteiger charge is 2.36. The summed E-state index contributed by atoms with van der Waals surface area (Å²) in [7, 11) is -4.46. The number of aliphatic hydroxyl groups is 1. The molecular weight excluding hydrogens is 538 g/mol. The molecule has 5 rings (SSSR count). The molecule has 4 atom stereocenters. The zero-order valence-electron chi connectivity index (χ0n) is 19.6. The standard InChI is InChI=1S/C24H26ClN5O5S2/c25-23-16(21-15-6-2-1-4-13(15)5-3-7-27-21)10-20(36-23)22(32)17-11-26-12-28-24(17)29-14-8-18(19(31)9-14)30-37(33,34)35/h1-2,4,6,10-12,14,18-19,21,27,30-31H,3,5,7-9H2,(H,26,28,29)(H,33,34,35)/t14-,18?,19+,21+/m1/s1. The van der Waals surface area contributed by atoms with Crippen LogP contribution in [0, 0.1) is 0 Å². The molecule has 0 amide bonds. The minimum atomic E-state index is -4.46. The van der Waals surface area contributed by atoms with Crippen LogP contribution in [0.3, 0.4) is 0 Å². The third-order valence-corrected chi connectivity index (χ3v) is 8.70. The SMILES string of the molecule is O=C(c1cc([C@H]2NCCCc3ccccc32)c(Cl)s1)c1cncnc1N[C@@H]1CC(NS(=O)(=O)O)[C@@H](O)C1. The highest BCUT2D eigenvalue weighted by Crippen LogP contribution is 2.38. The molecule has 0 spiro atoms. The van der Waals surface area contributed by atoms with Gasteiger partial charge in [0.05, 0.1) is 33.0 Å². The normalized spacial score (nSPS) is 23.9. The topological polar surface area (TPSA) is 154 Å². The van der Waals surface area contributed by atoms with Gasteiger partial charge in [-0.25, -0.2) is 9.97 Å². The van der Waals surface area contributed by atoms with Crippen LogP contribution >= 0.6 is 22.9 Å². The molecule has 0 saturated heterocycles. The van der Waals surface area contributed by atoms with Crippen molar-refractivity contribution in [3.05, 3.63) is 74.3 Å². The summed E-state index contributed by atoms with van der Waals surface area (Å²) in [5.74, 6) is -0.0250. The second-order valence-electron chi connectivity index (χ2n) is 9.22. The Morgan fingerprint density at radius 3 is 2.84 bits per heavy atom. The van der Waals surface area contributed by atoms with Crippen LogP contribution in [0.5, 0.6) is 0 Å². The molecule has 2 aliphatic rings. The predicted molar refractivity (Wildman–Crippen MR) is 141 cm³/mol. The number of nitrogens with one attached hydrogen (secondary N) is 3. The Labute approximate surface area is 223 Å². The lowest BCUT2D eigenvalue weighted by Crippen LogP contribution is -2.39. The Kier molecular flexibility index (Phi) is 7.59. The van der Waals surface area contributed by atoms with Crippen molar-refractivity contribution in [3.8, 4) is 0 Å². The number of carbonyl (C=O) groups is 1. The lowest BCUT2D eigenvalue weighted by Gasteiger charge is -2.18. The van der Waals surface area contributed by atoms with E-state index in [1.807, 2.05) is 22.9 Å². The Bertz CT molecular complexity index is 1420. The monoisotopic (exact) mass is 563 g/mol. The first-order chi connectivity index (χ1) is 17.7. The van der Waals surface area contributed by atoms with Crippen LogP contribution in [0.1, 0.15) is 57.2 Å². The van der Waals surface area contributed by atoms with E-state index < -0.39 is 22.4 Å². The summed E-state index contributed by atoms with van der Waals surface area (Å²) >= 11 is 7.87. The molecule has 3 aromatic rings. The van der Waals surface area contributed by atoms with E-state index in [0.29, 0.717) is 9.21 Å². The van der Waals surface area contributed by atoms with Crippen LogP contribution in [0.25, 0.3) is 0 Å². The molecule has 2 aromatic heterocycles. The maximum absolute atomic E-state index is 13.6. The minimum absolute atomic E-state index is 0.124. The van der Waals surface area contributed by atoms with Gasteiger partial charge in [0.1, 0.15) is 12.1 Å². The second-order valence-corrected chi connectivity index (χ2v) is 12.1. The van der Waals surface area contributed by atoms with Crippen LogP contribution in [-0.4, -0.2) is 58.6 Å². The lowest BCUT2D eigenvalue weighted by atomic mass is 9.95. The van der Waals surface area contributed by atoms with Gasteiger partial charge in [-0.2, -0.15) is 13.1 Å². The van der Waals surface area contributed by atoms with Gasteiger partial charge in [0.2, 0.25) is 5.78 Å². The summed E-state index contributed by atoms with van der Waals surface area (Å²) in [5.41, 5.74) is 3.49. The molecule has 13 heteroatoms. The summed E-state index contributed by atoms with van der Waals surface area (Å²) in [6.45, 7) is 0.829. The van der Waals surface area contributed by atoms with Gasteiger partial charge in [-0.15, -0.1) is 11.3 Å². The number of hydrogen-bond donors (Lipinski definition) is 5. The number of hydrogen-bond acceptors (Lipinski definition) is 9. The first kappa shape index (κ1) is 26.2. The highest BCUT2D eigenvalue weighted by molar-refractivity contribution is 7.83. The van der Waals surface area contributed by atoms with E-state index in [1.54, 1.807) is 0 Å². The van der Waals surface area contributed by atoms with Crippen LogP contribution in [-0.2, 0) is 16.7 Å². The van der Waals surface area contributed by atoms with Crippen molar-refractivity contribution in [2.75, 3.05) is 11.9 Å². The molecule has 37 heavy (non-hydrogen) atoms. The fourth-order valence-electron chi connectivity index (χ4n) is 5.04. The third-order valence-electron chi connectivity index (χ3n) is 6.71. The van der Waals surface area contributed by atoms with Crippen molar-refractivity contribution in [1.82, 2.24) is 20.0 Å². The van der Waals surface area contributed by atoms with Gasteiger partial charge in [-0.3, -0.25) is 9.35 Å². The first-order valence-corrected chi connectivity index (χ1v) is 14.5. The molecule has 1 fully saturated rings. The number of carbonyl (C=O) groups excluding carboxylic acids is 1. The Morgan fingerprint density at radius 1 is 1.22 bits per heavy atom. The van der Waals surface area contributed by atoms with Crippen molar-refractivity contribution in [2.45, 2.75) is 49.9 Å². The molecule has 3 heterocycles. The lowest BCUT2D eigenvalue weighted by molar-refractivity contribution is 0.104. The highest BCUT2D eigenvalue weighted by atomic mass is 35.5. The number of anilines is 1. The number of fused-ring (bicyclic) bond motifs is 1. The molecule has 0 bridgehead atoms. The Balaban J connectivity index is 1.38. The van der Waals surface area contributed by atoms with Gasteiger partial charge in [0, 0.05) is 17.8 Å². The summed E-state index contributed by atoms with van der Waals surface area (Å²) < 4.78 is 33.9. The van der Waals surface area contributed by atoms with Gasteiger partial charge in [-0.05, 0) is 49.4 Å². The molecule has 1 unspecified atom stereocenters. The number of benzene rings is 1. The molecule has 10 nitrogen and oxygen atoms in total. The van der Waals surface area contributed by atoms with E-state index in [0.717, 1.165) is 30.5 Å². The van der Waals surface area contributed by atoms with E-state index in [9.17, 15) is 18.3 Å². The van der Waals surface area contributed by atoms with Gasteiger partial charge >= 0.3 is 10.3 Å². The number of nitrogens with zero attached hydrogens (tertiary/aromatic N) is 2. The fraction of sp³-hybridized carbons (Fsp3) is 0.375. The second kappa shape index (κ2) is 10.7. The average Bonchev–Trinajstić information content (AvgIpc) is 3.31. The van der Waals surface area contributed by atoms with E-state index >= 15 is 0 Å². The average molecular weight is 564 g/mol. The maximum Gasteiger partial charge on any atom is 0.333 e. The van der Waals surface area contributed by atoms with Crippen molar-refractivity contribution < 1.29 is 22.9 Å². The Hall–Kier alpha value is -2.45. The predicted octanol–water partition coefficient (Wildman–Crippen LogP) is 2.74. The number of aliphatic hydroxyl groups excluding tert-OH is 1. The van der Waals surface area contributed by atoms with E-state index in [2.05, 4.69) is 32.7 Å². The van der Waals surface area contributed by atoms with Crippen LogP contribution in [0.2, 0.25) is 4.34 Å². The summed E-state index contributed by atoms with van der Waals surface area (Å²) in [6.07, 6.45) is 4.09. The zero-order valence-corrected chi connectivity index (χ0v) is 22.0. The first-order valence-electron chi connectivity index (χ1n) is 11.8. The molecule has 1 aliphatic carbocycles. The summed E-state index contributed by atoms with van der Waals surface area (Å²) in [6, 6.07) is 8.68. The van der Waals surface area contributed by atoms with Crippen molar-refractivity contribution >= 4 is 44.8 Å². The number of aryl methyl sites for hydroxylation is 1. The van der Waals surface area contributed by atoms with Crippen molar-refractivity contribution in [1.29, 1.82) is 0 Å². The van der Waals surface area contributed by atoms with E-state index in [4.69, 9.17) is 16.2 Å². The van der Waals surface area contributed by atoms with Crippen molar-refractivity contribution in [2.24, 2.45) is 0 Å². The van der Waals surface area contributed by atoms with Gasteiger partial charge in [-0.1, -0.05) is 35.9 Å². The number of thiophene rings is 1. The number of rotatable bonds is 7. The fourth-order valence-corrected chi connectivity index (χ4v) is 6.96. The van der Waals surface area contributed by atoms with Gasteiger partial charge in [0.15, 0.2) is 0 Å². The van der Waals surface area contributed by atoms with Gasteiger partial charge < -0.3 is 15.7 Å².